The third-order valence-electron chi connectivity index (χ3n) is 6.11. The van der Waals surface area contributed by atoms with Crippen molar-refractivity contribution in [3.63, 3.8) is 0 Å². The van der Waals surface area contributed by atoms with Crippen LogP contribution in [0.25, 0.3) is 22.3 Å². The van der Waals surface area contributed by atoms with Crippen molar-refractivity contribution in [2.75, 3.05) is 39.6 Å². The predicted octanol–water partition coefficient (Wildman–Crippen LogP) is 1.86. The van der Waals surface area contributed by atoms with E-state index in [9.17, 15) is 4.79 Å². The molecule has 10 nitrogen and oxygen atoms in total. The number of fused-ring (bicyclic) bond motifs is 2. The van der Waals surface area contributed by atoms with Crippen LogP contribution >= 0.6 is 0 Å². The Morgan fingerprint density at radius 1 is 1.24 bits per heavy atom. The molecule has 0 bridgehead atoms. The van der Waals surface area contributed by atoms with Gasteiger partial charge in [0.05, 0.1) is 36.0 Å². The quantitative estimate of drug-likeness (QED) is 0.498. The monoisotopic (exact) mass is 451 g/mol. The van der Waals surface area contributed by atoms with Crippen molar-refractivity contribution in [1.29, 1.82) is 0 Å². The van der Waals surface area contributed by atoms with E-state index in [1.165, 1.54) is 19.2 Å². The van der Waals surface area contributed by atoms with Gasteiger partial charge in [-0.25, -0.2) is 9.97 Å². The highest BCUT2D eigenvalue weighted by Crippen LogP contribution is 2.48. The molecule has 2 aliphatic heterocycles. The van der Waals surface area contributed by atoms with E-state index in [-0.39, 0.29) is 18.8 Å². The van der Waals surface area contributed by atoms with Crippen LogP contribution in [0.2, 0.25) is 0 Å². The largest absolute Gasteiger partial charge is 0.492 e. The lowest BCUT2D eigenvalue weighted by molar-refractivity contribution is 0.0287. The number of aromatic amines is 1. The van der Waals surface area contributed by atoms with Crippen LogP contribution < -0.4 is 24.8 Å². The zero-order valence-electron chi connectivity index (χ0n) is 18.1. The molecule has 1 saturated carbocycles. The molecule has 1 aromatic carbocycles. The van der Waals surface area contributed by atoms with Gasteiger partial charge >= 0.3 is 0 Å². The number of carbonyl (C=O) groups excluding carboxylic acids is 1. The Morgan fingerprint density at radius 3 is 3.03 bits per heavy atom. The maximum absolute atomic E-state index is 12.9. The Labute approximate surface area is 190 Å². The third-order valence-corrected chi connectivity index (χ3v) is 6.11. The number of H-pyrrole nitrogens is 1. The molecule has 33 heavy (non-hydrogen) atoms. The van der Waals surface area contributed by atoms with Crippen LogP contribution in [0.4, 0.5) is 0 Å². The molecule has 10 heteroatoms. The van der Waals surface area contributed by atoms with Gasteiger partial charge in [0.15, 0.2) is 11.5 Å². The Balaban J connectivity index is 1.33. The summed E-state index contributed by atoms with van der Waals surface area (Å²) in [5.74, 6) is 2.28. The Hall–Kier alpha value is -3.37. The molecule has 1 unspecified atom stereocenters. The third kappa shape index (κ3) is 3.96. The Morgan fingerprint density at radius 2 is 2.18 bits per heavy atom. The number of hydrogen-bond acceptors (Lipinski definition) is 8. The van der Waals surface area contributed by atoms with E-state index < -0.39 is 0 Å². The van der Waals surface area contributed by atoms with E-state index in [1.54, 1.807) is 6.20 Å². The molecule has 2 fully saturated rings. The number of hydrogen-bond donors (Lipinski definition) is 3. The molecule has 3 N–H and O–H groups in total. The van der Waals surface area contributed by atoms with Gasteiger partial charge in [-0.15, -0.1) is 0 Å². The number of ether oxygens (including phenoxy) is 4. The number of benzene rings is 1. The molecule has 3 aromatic rings. The zero-order chi connectivity index (χ0) is 22.2. The second-order valence-corrected chi connectivity index (χ2v) is 8.48. The van der Waals surface area contributed by atoms with E-state index in [2.05, 4.69) is 25.6 Å². The van der Waals surface area contributed by atoms with Gasteiger partial charge in [-0.05, 0) is 30.9 Å². The second kappa shape index (κ2) is 8.53. The van der Waals surface area contributed by atoms with E-state index in [4.69, 9.17) is 18.9 Å². The normalized spacial score (nSPS) is 19.6. The van der Waals surface area contributed by atoms with Gasteiger partial charge in [-0.2, -0.15) is 0 Å². The lowest BCUT2D eigenvalue weighted by atomic mass is 10.1. The van der Waals surface area contributed by atoms with Crippen LogP contribution in [0.3, 0.4) is 0 Å². The van der Waals surface area contributed by atoms with Gasteiger partial charge in [-0.1, -0.05) is 0 Å². The van der Waals surface area contributed by atoms with E-state index in [1.807, 2.05) is 12.1 Å². The minimum atomic E-state index is -0.219. The number of carbonyl (C=O) groups is 1. The SMILES string of the molecule is O=C(NCC1CNCCO1)c1c[nH]c2c(-c3c(OCC4CC4)ccc4c3OCO4)ncnc12. The minimum absolute atomic E-state index is 0.0478. The molecule has 3 aliphatic rings. The first-order chi connectivity index (χ1) is 16.3. The minimum Gasteiger partial charge on any atom is -0.492 e. The van der Waals surface area contributed by atoms with Crippen molar-refractivity contribution in [2.45, 2.75) is 18.9 Å². The van der Waals surface area contributed by atoms with Crippen molar-refractivity contribution in [3.05, 3.63) is 30.2 Å². The van der Waals surface area contributed by atoms with Gasteiger partial charge in [-0.3, -0.25) is 4.79 Å². The van der Waals surface area contributed by atoms with E-state index >= 15 is 0 Å². The summed E-state index contributed by atoms with van der Waals surface area (Å²) in [5, 5.41) is 6.20. The summed E-state index contributed by atoms with van der Waals surface area (Å²) in [7, 11) is 0. The van der Waals surface area contributed by atoms with Crippen LogP contribution in [0.15, 0.2) is 24.7 Å². The average molecular weight is 451 g/mol. The van der Waals surface area contributed by atoms with Gasteiger partial charge < -0.3 is 34.6 Å². The number of nitrogens with zero attached hydrogens (tertiary/aromatic N) is 2. The van der Waals surface area contributed by atoms with Crippen molar-refractivity contribution in [1.82, 2.24) is 25.6 Å². The first-order valence-electron chi connectivity index (χ1n) is 11.3. The van der Waals surface area contributed by atoms with Crippen molar-refractivity contribution >= 4 is 16.9 Å². The highest BCUT2D eigenvalue weighted by Gasteiger charge is 2.29. The molecular weight excluding hydrogens is 426 g/mol. The molecule has 4 heterocycles. The lowest BCUT2D eigenvalue weighted by Gasteiger charge is -2.23. The maximum atomic E-state index is 12.9. The first-order valence-corrected chi connectivity index (χ1v) is 11.3. The molecule has 1 saturated heterocycles. The fraction of sp³-hybridized carbons (Fsp3) is 0.435. The number of rotatable bonds is 7. The fourth-order valence-corrected chi connectivity index (χ4v) is 4.15. The summed E-state index contributed by atoms with van der Waals surface area (Å²) < 4.78 is 23.2. The molecule has 6 rings (SSSR count). The van der Waals surface area contributed by atoms with Gasteiger partial charge in [0.1, 0.15) is 23.3 Å². The summed E-state index contributed by atoms with van der Waals surface area (Å²) in [6.45, 7) is 3.40. The standard InChI is InChI=1S/C23H25N5O5/c29-23(26-8-14-7-24-5-6-30-14)15-9-25-21-19(15)27-11-28-20(21)18-16(31-10-13-1-2-13)3-4-17-22(18)33-12-32-17/h3-4,9,11,13-14,24-25H,1-2,5-8,10,12H2,(H,26,29). The molecule has 0 spiro atoms. The molecular formula is C23H25N5O5. The van der Waals surface area contributed by atoms with Crippen molar-refractivity contribution in [2.24, 2.45) is 5.92 Å². The molecule has 2 aromatic heterocycles. The number of amides is 1. The van der Waals surface area contributed by atoms with Crippen LogP contribution in [0.5, 0.6) is 17.2 Å². The van der Waals surface area contributed by atoms with Crippen LogP contribution in [0.1, 0.15) is 23.2 Å². The Kier molecular flexibility index (Phi) is 5.23. The topological polar surface area (TPSA) is 120 Å². The molecule has 172 valence electrons. The lowest BCUT2D eigenvalue weighted by Crippen LogP contribution is -2.45. The molecule has 1 atom stereocenters. The Bertz CT molecular complexity index is 1190. The second-order valence-electron chi connectivity index (χ2n) is 8.48. The first kappa shape index (κ1) is 20.3. The summed E-state index contributed by atoms with van der Waals surface area (Å²) >= 11 is 0. The van der Waals surface area contributed by atoms with Gasteiger partial charge in [0, 0.05) is 25.8 Å². The van der Waals surface area contributed by atoms with E-state index in [0.29, 0.717) is 77.3 Å². The van der Waals surface area contributed by atoms with Gasteiger partial charge in [0.25, 0.3) is 5.91 Å². The van der Waals surface area contributed by atoms with Gasteiger partial charge in [0.2, 0.25) is 6.79 Å². The molecule has 0 radical (unpaired) electrons. The van der Waals surface area contributed by atoms with Crippen molar-refractivity contribution in [3.8, 4) is 28.5 Å². The average Bonchev–Trinajstić information content (AvgIpc) is 3.37. The summed E-state index contributed by atoms with van der Waals surface area (Å²) in [6, 6.07) is 3.73. The summed E-state index contributed by atoms with van der Waals surface area (Å²) in [4.78, 5) is 25.0. The number of morpholine rings is 1. The van der Waals surface area contributed by atoms with Crippen molar-refractivity contribution < 1.29 is 23.7 Å². The van der Waals surface area contributed by atoms with Crippen LogP contribution in [-0.2, 0) is 4.74 Å². The summed E-state index contributed by atoms with van der Waals surface area (Å²) in [6.07, 6.45) is 5.44. The van der Waals surface area contributed by atoms with E-state index in [0.717, 1.165) is 6.54 Å². The molecule has 1 aliphatic carbocycles. The smallest absolute Gasteiger partial charge is 0.255 e. The fourth-order valence-electron chi connectivity index (χ4n) is 4.15. The predicted molar refractivity (Wildman–Crippen MR) is 119 cm³/mol. The number of aromatic nitrogens is 3. The highest BCUT2D eigenvalue weighted by atomic mass is 16.7. The van der Waals surface area contributed by atoms with Crippen LogP contribution in [-0.4, -0.2) is 66.6 Å². The zero-order valence-corrected chi connectivity index (χ0v) is 18.1. The summed E-state index contributed by atoms with van der Waals surface area (Å²) in [5.41, 5.74) is 2.92. The maximum Gasteiger partial charge on any atom is 0.255 e. The molecule has 1 amide bonds. The highest BCUT2D eigenvalue weighted by molar-refractivity contribution is 6.08. The van der Waals surface area contributed by atoms with Crippen LogP contribution in [0, 0.1) is 5.92 Å². The number of nitrogens with one attached hydrogen (secondary N) is 3.